The second kappa shape index (κ2) is 6.91. The molecule has 1 aliphatic heterocycles. The minimum Gasteiger partial charge on any atom is -0.268 e. The van der Waals surface area contributed by atoms with Crippen molar-refractivity contribution in [3.8, 4) is 0 Å². The number of amides is 1. The number of carbonyl (C=O) groups is 1. The van der Waals surface area contributed by atoms with Crippen LogP contribution in [0.25, 0.3) is 6.08 Å². The maximum absolute atomic E-state index is 12.7. The summed E-state index contributed by atoms with van der Waals surface area (Å²) in [6, 6.07) is 15.9. The Morgan fingerprint density at radius 3 is 2.48 bits per heavy atom. The number of anilines is 1. The second-order valence-electron chi connectivity index (χ2n) is 5.08. The molecule has 1 saturated heterocycles. The van der Waals surface area contributed by atoms with Gasteiger partial charge >= 0.3 is 0 Å². The van der Waals surface area contributed by atoms with Crippen LogP contribution in [0.4, 0.5) is 5.69 Å². The van der Waals surface area contributed by atoms with Crippen LogP contribution < -0.4 is 4.90 Å². The van der Waals surface area contributed by atoms with Gasteiger partial charge in [-0.05, 0) is 48.6 Å². The summed E-state index contributed by atoms with van der Waals surface area (Å²) in [6.45, 7) is 1.98. The van der Waals surface area contributed by atoms with E-state index in [2.05, 4.69) is 12.1 Å². The quantitative estimate of drug-likeness (QED) is 0.431. The van der Waals surface area contributed by atoms with Gasteiger partial charge in [-0.2, -0.15) is 0 Å². The fourth-order valence-corrected chi connectivity index (χ4v) is 4.03. The summed E-state index contributed by atoms with van der Waals surface area (Å²) < 4.78 is 0.580. The van der Waals surface area contributed by atoms with Crippen molar-refractivity contribution in [2.24, 2.45) is 0 Å². The summed E-state index contributed by atoms with van der Waals surface area (Å²) in [4.78, 5) is 16.2. The fourth-order valence-electron chi connectivity index (χ4n) is 2.34. The summed E-state index contributed by atoms with van der Waals surface area (Å²) in [5, 5.41) is 0. The van der Waals surface area contributed by atoms with E-state index in [1.54, 1.807) is 16.7 Å². The molecule has 116 valence electrons. The van der Waals surface area contributed by atoms with E-state index in [0.29, 0.717) is 9.23 Å². The van der Waals surface area contributed by atoms with Crippen molar-refractivity contribution in [1.29, 1.82) is 0 Å². The van der Waals surface area contributed by atoms with Gasteiger partial charge in [0.15, 0.2) is 4.32 Å². The van der Waals surface area contributed by atoms with Gasteiger partial charge < -0.3 is 0 Å². The summed E-state index contributed by atoms with van der Waals surface area (Å²) in [5.74, 6) is -0.0526. The van der Waals surface area contributed by atoms with Gasteiger partial charge in [-0.25, -0.2) is 0 Å². The molecule has 0 saturated carbocycles. The van der Waals surface area contributed by atoms with E-state index in [4.69, 9.17) is 12.2 Å². The second-order valence-corrected chi connectivity index (χ2v) is 7.63. The molecular weight excluding hydrogens is 342 g/mol. The molecule has 0 spiro atoms. The first-order valence-electron chi connectivity index (χ1n) is 7.08. The van der Waals surface area contributed by atoms with Gasteiger partial charge in [0.1, 0.15) is 0 Å². The van der Waals surface area contributed by atoms with Gasteiger partial charge in [-0.1, -0.05) is 54.3 Å². The fraction of sp³-hybridized carbons (Fsp3) is 0.111. The zero-order chi connectivity index (χ0) is 16.4. The van der Waals surface area contributed by atoms with Gasteiger partial charge in [0.25, 0.3) is 5.91 Å². The zero-order valence-electron chi connectivity index (χ0n) is 12.8. The Balaban J connectivity index is 1.91. The Morgan fingerprint density at radius 2 is 1.83 bits per heavy atom. The first kappa shape index (κ1) is 16.3. The van der Waals surface area contributed by atoms with Gasteiger partial charge in [-0.15, -0.1) is 11.8 Å². The third-order valence-corrected chi connectivity index (χ3v) is 5.61. The minimum atomic E-state index is -0.0526. The van der Waals surface area contributed by atoms with E-state index in [1.807, 2.05) is 55.7 Å². The Kier molecular flexibility index (Phi) is 4.90. The number of aryl methyl sites for hydroxylation is 1. The molecule has 0 unspecified atom stereocenters. The molecule has 0 bridgehead atoms. The average molecular weight is 358 g/mol. The molecule has 0 aliphatic carbocycles. The first-order valence-corrected chi connectivity index (χ1v) is 9.53. The highest BCUT2D eigenvalue weighted by atomic mass is 32.2. The van der Waals surface area contributed by atoms with E-state index < -0.39 is 0 Å². The van der Waals surface area contributed by atoms with E-state index in [9.17, 15) is 4.79 Å². The average Bonchev–Trinajstić information content (AvgIpc) is 2.83. The van der Waals surface area contributed by atoms with Crippen LogP contribution in [-0.2, 0) is 4.79 Å². The highest BCUT2D eigenvalue weighted by Gasteiger charge is 2.33. The smallest absolute Gasteiger partial charge is 0.268 e. The van der Waals surface area contributed by atoms with Crippen LogP contribution in [0.15, 0.2) is 58.3 Å². The molecular formula is C18H15NOS3. The SMILES string of the molecule is CSc1ccc(C=C2SC(=S)N(c3ccccc3C)C2=O)cc1. The normalized spacial score (nSPS) is 16.4. The predicted molar refractivity (Wildman–Crippen MR) is 105 cm³/mol. The summed E-state index contributed by atoms with van der Waals surface area (Å²) in [6.07, 6.45) is 3.95. The molecule has 1 aliphatic rings. The molecule has 0 atom stereocenters. The lowest BCUT2D eigenvalue weighted by Gasteiger charge is -2.16. The zero-order valence-corrected chi connectivity index (χ0v) is 15.2. The Morgan fingerprint density at radius 1 is 1.13 bits per heavy atom. The summed E-state index contributed by atoms with van der Waals surface area (Å²) in [7, 11) is 0. The van der Waals surface area contributed by atoms with Crippen molar-refractivity contribution in [1.82, 2.24) is 0 Å². The van der Waals surface area contributed by atoms with Gasteiger partial charge in [-0.3, -0.25) is 9.69 Å². The Labute approximate surface area is 150 Å². The number of nitrogens with zero attached hydrogens (tertiary/aromatic N) is 1. The van der Waals surface area contributed by atoms with E-state index >= 15 is 0 Å². The molecule has 1 heterocycles. The molecule has 1 fully saturated rings. The number of thiocarbonyl (C=S) groups is 1. The third-order valence-electron chi connectivity index (χ3n) is 3.56. The molecule has 23 heavy (non-hydrogen) atoms. The van der Waals surface area contributed by atoms with Crippen molar-refractivity contribution in [2.45, 2.75) is 11.8 Å². The standard InChI is InChI=1S/C18H15NOS3/c1-12-5-3-4-6-15(12)19-17(20)16(23-18(19)21)11-13-7-9-14(22-2)10-8-13/h3-11H,1-2H3. The van der Waals surface area contributed by atoms with Gasteiger partial charge in [0, 0.05) is 4.90 Å². The van der Waals surface area contributed by atoms with Gasteiger partial charge in [0.05, 0.1) is 10.6 Å². The van der Waals surface area contributed by atoms with E-state index in [1.165, 1.54) is 16.7 Å². The van der Waals surface area contributed by atoms with Crippen molar-refractivity contribution in [2.75, 3.05) is 11.2 Å². The molecule has 2 aromatic carbocycles. The van der Waals surface area contributed by atoms with Crippen molar-refractivity contribution >= 4 is 57.7 Å². The van der Waals surface area contributed by atoms with Crippen LogP contribution in [0.5, 0.6) is 0 Å². The van der Waals surface area contributed by atoms with Gasteiger partial charge in [0.2, 0.25) is 0 Å². The van der Waals surface area contributed by atoms with Crippen LogP contribution in [0.1, 0.15) is 11.1 Å². The summed E-state index contributed by atoms with van der Waals surface area (Å²) in [5.41, 5.74) is 2.90. The van der Waals surface area contributed by atoms with Crippen LogP contribution in [0.3, 0.4) is 0 Å². The first-order chi connectivity index (χ1) is 11.1. The van der Waals surface area contributed by atoms with Crippen LogP contribution in [0.2, 0.25) is 0 Å². The molecule has 0 radical (unpaired) electrons. The molecule has 5 heteroatoms. The number of rotatable bonds is 3. The van der Waals surface area contributed by atoms with Crippen LogP contribution in [0, 0.1) is 6.92 Å². The third kappa shape index (κ3) is 3.37. The lowest BCUT2D eigenvalue weighted by atomic mass is 10.1. The molecule has 1 amide bonds. The molecule has 0 N–H and O–H groups in total. The van der Waals surface area contributed by atoms with Crippen molar-refractivity contribution in [3.63, 3.8) is 0 Å². The Bertz CT molecular complexity index is 796. The lowest BCUT2D eigenvalue weighted by molar-refractivity contribution is -0.113. The number of carbonyl (C=O) groups excluding carboxylic acids is 1. The van der Waals surface area contributed by atoms with Crippen molar-refractivity contribution in [3.05, 3.63) is 64.6 Å². The highest BCUT2D eigenvalue weighted by molar-refractivity contribution is 8.27. The largest absolute Gasteiger partial charge is 0.270 e. The summed E-state index contributed by atoms with van der Waals surface area (Å²) >= 11 is 8.47. The maximum atomic E-state index is 12.7. The molecule has 3 rings (SSSR count). The predicted octanol–water partition coefficient (Wildman–Crippen LogP) is 5.12. The van der Waals surface area contributed by atoms with E-state index in [-0.39, 0.29) is 5.91 Å². The monoisotopic (exact) mass is 357 g/mol. The Hall–Kier alpha value is -1.56. The molecule has 2 aromatic rings. The number of para-hydroxylation sites is 1. The minimum absolute atomic E-state index is 0.0526. The number of benzene rings is 2. The van der Waals surface area contributed by atoms with Crippen molar-refractivity contribution < 1.29 is 4.79 Å². The molecule has 0 aromatic heterocycles. The lowest BCUT2D eigenvalue weighted by Crippen LogP contribution is -2.28. The maximum Gasteiger partial charge on any atom is 0.270 e. The van der Waals surface area contributed by atoms with Crippen LogP contribution >= 0.6 is 35.7 Å². The number of thioether (sulfide) groups is 2. The number of hydrogen-bond donors (Lipinski definition) is 0. The number of hydrogen-bond acceptors (Lipinski definition) is 4. The highest BCUT2D eigenvalue weighted by Crippen LogP contribution is 2.37. The van der Waals surface area contributed by atoms with E-state index in [0.717, 1.165) is 16.8 Å². The van der Waals surface area contributed by atoms with Crippen LogP contribution in [-0.4, -0.2) is 16.5 Å². The topological polar surface area (TPSA) is 20.3 Å². The molecule has 2 nitrogen and oxygen atoms in total.